The summed E-state index contributed by atoms with van der Waals surface area (Å²) in [5.74, 6) is 0.285. The SMILES string of the molecule is Nc1nc(N)c2ncn(C3COC(CO)O3)c2n1. The van der Waals surface area contributed by atoms with Crippen LogP contribution in [0.2, 0.25) is 0 Å². The molecule has 5 N–H and O–H groups in total. The van der Waals surface area contributed by atoms with E-state index < -0.39 is 12.5 Å². The number of aromatic nitrogens is 4. The first-order valence-corrected chi connectivity index (χ1v) is 5.32. The molecule has 1 fully saturated rings. The molecule has 1 aliphatic heterocycles. The van der Waals surface area contributed by atoms with Gasteiger partial charge in [-0.1, -0.05) is 0 Å². The average Bonchev–Trinajstić information content (AvgIpc) is 2.93. The minimum absolute atomic E-state index is 0.0689. The first kappa shape index (κ1) is 11.1. The van der Waals surface area contributed by atoms with Crippen molar-refractivity contribution in [3.05, 3.63) is 6.33 Å². The van der Waals surface area contributed by atoms with Gasteiger partial charge in [0.15, 0.2) is 24.0 Å². The summed E-state index contributed by atoms with van der Waals surface area (Å²) in [6.45, 7) is 0.0862. The molecule has 2 aromatic rings. The van der Waals surface area contributed by atoms with Crippen molar-refractivity contribution in [2.24, 2.45) is 0 Å². The highest BCUT2D eigenvalue weighted by molar-refractivity contribution is 5.82. The van der Waals surface area contributed by atoms with Crippen molar-refractivity contribution in [1.82, 2.24) is 19.5 Å². The number of hydrogen-bond donors (Lipinski definition) is 3. The van der Waals surface area contributed by atoms with Gasteiger partial charge in [0, 0.05) is 0 Å². The summed E-state index contributed by atoms with van der Waals surface area (Å²) in [7, 11) is 0. The molecule has 9 nitrogen and oxygen atoms in total. The topological polar surface area (TPSA) is 134 Å². The van der Waals surface area contributed by atoms with Crippen LogP contribution in [0.3, 0.4) is 0 Å². The molecule has 0 saturated carbocycles. The third-order valence-electron chi connectivity index (χ3n) is 2.66. The smallest absolute Gasteiger partial charge is 0.224 e. The van der Waals surface area contributed by atoms with Crippen LogP contribution >= 0.6 is 0 Å². The molecule has 96 valence electrons. The van der Waals surface area contributed by atoms with Crippen LogP contribution in [0.1, 0.15) is 6.23 Å². The zero-order valence-corrected chi connectivity index (χ0v) is 9.35. The molecule has 0 bridgehead atoms. The summed E-state index contributed by atoms with van der Waals surface area (Å²) in [5, 5.41) is 8.94. The second kappa shape index (κ2) is 4.05. The number of aliphatic hydroxyl groups excluding tert-OH is 1. The summed E-state index contributed by atoms with van der Waals surface area (Å²) in [4.78, 5) is 12.0. The molecule has 1 saturated heterocycles. The molecule has 3 heterocycles. The maximum absolute atomic E-state index is 8.94. The summed E-state index contributed by atoms with van der Waals surface area (Å²) in [6, 6.07) is 0. The van der Waals surface area contributed by atoms with E-state index in [0.717, 1.165) is 0 Å². The van der Waals surface area contributed by atoms with Gasteiger partial charge in [-0.25, -0.2) is 4.98 Å². The summed E-state index contributed by atoms with van der Waals surface area (Å²) < 4.78 is 12.3. The first-order chi connectivity index (χ1) is 8.69. The molecule has 9 heteroatoms. The molecule has 0 spiro atoms. The Morgan fingerprint density at radius 1 is 1.44 bits per heavy atom. The minimum atomic E-state index is -0.635. The highest BCUT2D eigenvalue weighted by Crippen LogP contribution is 2.26. The average molecular weight is 252 g/mol. The predicted molar refractivity (Wildman–Crippen MR) is 61.1 cm³/mol. The molecule has 2 aromatic heterocycles. The summed E-state index contributed by atoms with van der Waals surface area (Å²) in [5.41, 5.74) is 12.2. The zero-order chi connectivity index (χ0) is 12.7. The Bertz CT molecular complexity index is 585. The standard InChI is InChI=1S/C9H12N6O3/c10-7-6-8(14-9(11)13-7)15(3-12-6)4-2-17-5(1-16)18-4/h3-5,16H,1-2H2,(H4,10,11,13,14). The Hall–Kier alpha value is -1.97. The van der Waals surface area contributed by atoms with E-state index in [1.54, 1.807) is 4.57 Å². The van der Waals surface area contributed by atoms with Gasteiger partial charge in [-0.2, -0.15) is 9.97 Å². The Labute approximate surface area is 101 Å². The van der Waals surface area contributed by atoms with Crippen molar-refractivity contribution in [2.75, 3.05) is 24.7 Å². The van der Waals surface area contributed by atoms with Crippen molar-refractivity contribution in [2.45, 2.75) is 12.5 Å². The van der Waals surface area contributed by atoms with Gasteiger partial charge in [0.2, 0.25) is 5.95 Å². The number of imidazole rings is 1. The molecule has 2 atom stereocenters. The molecular formula is C9H12N6O3. The number of hydrogen-bond acceptors (Lipinski definition) is 8. The number of aliphatic hydroxyl groups is 1. The maximum Gasteiger partial charge on any atom is 0.224 e. The van der Waals surface area contributed by atoms with Crippen molar-refractivity contribution in [3.8, 4) is 0 Å². The number of rotatable bonds is 2. The first-order valence-electron chi connectivity index (χ1n) is 5.32. The number of nitrogen functional groups attached to an aromatic ring is 2. The molecular weight excluding hydrogens is 240 g/mol. The minimum Gasteiger partial charge on any atom is -0.391 e. The van der Waals surface area contributed by atoms with Gasteiger partial charge >= 0.3 is 0 Å². The quantitative estimate of drug-likeness (QED) is 0.610. The van der Waals surface area contributed by atoms with E-state index in [1.165, 1.54) is 6.33 Å². The van der Waals surface area contributed by atoms with E-state index in [0.29, 0.717) is 17.8 Å². The van der Waals surface area contributed by atoms with Gasteiger partial charge in [0.05, 0.1) is 19.5 Å². The largest absolute Gasteiger partial charge is 0.391 e. The lowest BCUT2D eigenvalue weighted by molar-refractivity contribution is -0.0980. The van der Waals surface area contributed by atoms with Crippen LogP contribution in [-0.2, 0) is 9.47 Å². The van der Waals surface area contributed by atoms with Crippen molar-refractivity contribution < 1.29 is 14.6 Å². The fraction of sp³-hybridized carbons (Fsp3) is 0.444. The van der Waals surface area contributed by atoms with Gasteiger partial charge < -0.3 is 26.0 Å². The molecule has 18 heavy (non-hydrogen) atoms. The van der Waals surface area contributed by atoms with Crippen LogP contribution in [0.15, 0.2) is 6.33 Å². The number of ether oxygens (including phenoxy) is 2. The lowest BCUT2D eigenvalue weighted by atomic mass is 10.5. The Morgan fingerprint density at radius 3 is 3.00 bits per heavy atom. The molecule has 0 amide bonds. The Kier molecular flexibility index (Phi) is 2.51. The van der Waals surface area contributed by atoms with Gasteiger partial charge in [-0.05, 0) is 0 Å². The molecule has 2 unspecified atom stereocenters. The second-order valence-electron chi connectivity index (χ2n) is 3.83. The number of nitrogens with zero attached hydrogens (tertiary/aromatic N) is 4. The van der Waals surface area contributed by atoms with Crippen molar-refractivity contribution in [3.63, 3.8) is 0 Å². The lowest BCUT2D eigenvalue weighted by Crippen LogP contribution is -2.15. The van der Waals surface area contributed by atoms with Crippen LogP contribution < -0.4 is 11.5 Å². The molecule has 0 aromatic carbocycles. The normalized spacial score (nSPS) is 23.8. The predicted octanol–water partition coefficient (Wildman–Crippen LogP) is -1.15. The number of fused-ring (bicyclic) bond motifs is 1. The Morgan fingerprint density at radius 2 is 2.28 bits per heavy atom. The monoisotopic (exact) mass is 252 g/mol. The third kappa shape index (κ3) is 1.65. The van der Waals surface area contributed by atoms with E-state index in [2.05, 4.69) is 15.0 Å². The molecule has 0 aliphatic carbocycles. The van der Waals surface area contributed by atoms with Gasteiger partial charge in [0.1, 0.15) is 5.52 Å². The van der Waals surface area contributed by atoms with E-state index in [1.807, 2.05) is 0 Å². The van der Waals surface area contributed by atoms with E-state index in [-0.39, 0.29) is 18.4 Å². The van der Waals surface area contributed by atoms with E-state index >= 15 is 0 Å². The summed E-state index contributed by atoms with van der Waals surface area (Å²) >= 11 is 0. The number of anilines is 2. The molecule has 1 aliphatic rings. The van der Waals surface area contributed by atoms with E-state index in [4.69, 9.17) is 26.0 Å². The lowest BCUT2D eigenvalue weighted by Gasteiger charge is -2.11. The maximum atomic E-state index is 8.94. The zero-order valence-electron chi connectivity index (χ0n) is 9.35. The highest BCUT2D eigenvalue weighted by atomic mass is 16.7. The summed E-state index contributed by atoms with van der Waals surface area (Å²) in [6.07, 6.45) is 0.480. The number of nitrogens with two attached hydrogens (primary N) is 2. The van der Waals surface area contributed by atoms with Crippen LogP contribution in [0.5, 0.6) is 0 Å². The van der Waals surface area contributed by atoms with Crippen LogP contribution in [0.4, 0.5) is 11.8 Å². The van der Waals surface area contributed by atoms with Crippen molar-refractivity contribution >= 4 is 22.9 Å². The van der Waals surface area contributed by atoms with Crippen molar-refractivity contribution in [1.29, 1.82) is 0 Å². The molecule has 0 radical (unpaired) electrons. The third-order valence-corrected chi connectivity index (χ3v) is 2.66. The van der Waals surface area contributed by atoms with Gasteiger partial charge in [-0.3, -0.25) is 4.57 Å². The van der Waals surface area contributed by atoms with Gasteiger partial charge in [0.25, 0.3) is 0 Å². The van der Waals surface area contributed by atoms with Crippen LogP contribution in [0.25, 0.3) is 11.2 Å². The fourth-order valence-electron chi connectivity index (χ4n) is 1.85. The fourth-order valence-corrected chi connectivity index (χ4v) is 1.85. The second-order valence-corrected chi connectivity index (χ2v) is 3.83. The van der Waals surface area contributed by atoms with Crippen LogP contribution in [-0.4, -0.2) is 44.1 Å². The van der Waals surface area contributed by atoms with Crippen LogP contribution in [0, 0.1) is 0 Å². The van der Waals surface area contributed by atoms with Gasteiger partial charge in [-0.15, -0.1) is 0 Å². The highest BCUT2D eigenvalue weighted by Gasteiger charge is 2.28. The Balaban J connectivity index is 2.03. The van der Waals surface area contributed by atoms with E-state index in [9.17, 15) is 0 Å². The molecule has 3 rings (SSSR count).